The van der Waals surface area contributed by atoms with Crippen LogP contribution in [0.5, 0.6) is 0 Å². The van der Waals surface area contributed by atoms with Gasteiger partial charge < -0.3 is 10.4 Å². The number of rotatable bonds is 4. The largest absolute Gasteiger partial charge is 0.394 e. The number of halogens is 1. The second-order valence-corrected chi connectivity index (χ2v) is 5.27. The molecule has 0 aliphatic heterocycles. The van der Waals surface area contributed by atoms with Crippen LogP contribution in [0.3, 0.4) is 0 Å². The lowest BCUT2D eigenvalue weighted by atomic mass is 10.0. The maximum absolute atomic E-state index is 12.0. The third kappa shape index (κ3) is 3.54. The van der Waals surface area contributed by atoms with Crippen LogP contribution in [0.15, 0.2) is 22.7 Å². The number of carbonyl (C=O) groups is 1. The molecule has 0 fully saturated rings. The number of hydrogen-bond acceptors (Lipinski definition) is 2. The summed E-state index contributed by atoms with van der Waals surface area (Å²) in [6, 6.07) is 5.30. The second kappa shape index (κ2) is 6.17. The Kier molecular flexibility index (Phi) is 5.15. The van der Waals surface area contributed by atoms with Gasteiger partial charge in [-0.2, -0.15) is 0 Å². The molecule has 1 aromatic rings. The molecule has 94 valence electrons. The van der Waals surface area contributed by atoms with Gasteiger partial charge in [-0.05, 0) is 30.5 Å². The molecule has 0 aliphatic rings. The lowest BCUT2D eigenvalue weighted by Crippen LogP contribution is -2.41. The normalized spacial score (nSPS) is 12.6. The minimum Gasteiger partial charge on any atom is -0.394 e. The monoisotopic (exact) mass is 299 g/mol. The van der Waals surface area contributed by atoms with Gasteiger partial charge in [-0.25, -0.2) is 0 Å². The van der Waals surface area contributed by atoms with Crippen LogP contribution in [0.4, 0.5) is 0 Å². The first kappa shape index (κ1) is 14.2. The molecule has 3 nitrogen and oxygen atoms in total. The Labute approximate surface area is 110 Å². The second-order valence-electron chi connectivity index (χ2n) is 4.42. The van der Waals surface area contributed by atoms with Crippen molar-refractivity contribution in [3.05, 3.63) is 33.8 Å². The van der Waals surface area contributed by atoms with Gasteiger partial charge in [0.2, 0.25) is 0 Å². The van der Waals surface area contributed by atoms with Gasteiger partial charge >= 0.3 is 0 Å². The number of aliphatic hydroxyl groups excluding tert-OH is 1. The molecule has 0 saturated heterocycles. The molecule has 0 bridgehead atoms. The first-order valence-corrected chi connectivity index (χ1v) is 6.43. The van der Waals surface area contributed by atoms with E-state index in [1.165, 1.54) is 0 Å². The molecule has 0 radical (unpaired) electrons. The molecule has 0 saturated carbocycles. The molecular formula is C13H18BrNO2. The van der Waals surface area contributed by atoms with Crippen LogP contribution in [0.1, 0.15) is 29.8 Å². The van der Waals surface area contributed by atoms with Crippen LogP contribution < -0.4 is 5.32 Å². The average molecular weight is 300 g/mol. The van der Waals surface area contributed by atoms with Crippen molar-refractivity contribution in [3.63, 3.8) is 0 Å². The summed E-state index contributed by atoms with van der Waals surface area (Å²) in [5, 5.41) is 12.0. The fraction of sp³-hybridized carbons (Fsp3) is 0.462. The van der Waals surface area contributed by atoms with Gasteiger partial charge in [0.25, 0.3) is 5.91 Å². The maximum atomic E-state index is 12.0. The third-order valence-electron chi connectivity index (χ3n) is 2.83. The minimum atomic E-state index is -0.208. The summed E-state index contributed by atoms with van der Waals surface area (Å²) in [6.45, 7) is 5.78. The number of nitrogens with one attached hydrogen (secondary N) is 1. The lowest BCUT2D eigenvalue weighted by molar-refractivity contribution is 0.0896. The molecule has 4 heteroatoms. The van der Waals surface area contributed by atoms with Crippen LogP contribution in [0, 0.1) is 12.8 Å². The Balaban J connectivity index is 2.86. The van der Waals surface area contributed by atoms with E-state index in [0.29, 0.717) is 5.56 Å². The van der Waals surface area contributed by atoms with Crippen molar-refractivity contribution >= 4 is 21.8 Å². The topological polar surface area (TPSA) is 49.3 Å². The quantitative estimate of drug-likeness (QED) is 0.897. The number of hydrogen-bond donors (Lipinski definition) is 2. The third-order valence-corrected chi connectivity index (χ3v) is 3.69. The lowest BCUT2D eigenvalue weighted by Gasteiger charge is -2.20. The summed E-state index contributed by atoms with van der Waals surface area (Å²) in [4.78, 5) is 12.0. The number of amides is 1. The van der Waals surface area contributed by atoms with Crippen LogP contribution in [-0.4, -0.2) is 23.7 Å². The summed E-state index contributed by atoms with van der Waals surface area (Å²) in [6.07, 6.45) is 0. The highest BCUT2D eigenvalue weighted by Gasteiger charge is 2.17. The zero-order chi connectivity index (χ0) is 13.0. The first-order chi connectivity index (χ1) is 7.97. The van der Waals surface area contributed by atoms with E-state index in [0.717, 1.165) is 10.0 Å². The summed E-state index contributed by atoms with van der Waals surface area (Å²) >= 11 is 3.40. The number of aliphatic hydroxyl groups is 1. The molecule has 1 atom stereocenters. The molecule has 1 unspecified atom stereocenters. The van der Waals surface area contributed by atoms with Crippen molar-refractivity contribution < 1.29 is 9.90 Å². The van der Waals surface area contributed by atoms with Gasteiger partial charge in [0.15, 0.2) is 0 Å². The molecule has 0 aliphatic carbocycles. The molecule has 1 aromatic carbocycles. The molecular weight excluding hydrogens is 282 g/mol. The molecule has 1 rings (SSSR count). The predicted molar refractivity (Wildman–Crippen MR) is 72.1 cm³/mol. The van der Waals surface area contributed by atoms with Gasteiger partial charge in [-0.1, -0.05) is 35.8 Å². The minimum absolute atomic E-state index is 0.0452. The van der Waals surface area contributed by atoms with E-state index in [9.17, 15) is 9.90 Å². The Morgan fingerprint density at radius 1 is 1.47 bits per heavy atom. The van der Waals surface area contributed by atoms with E-state index in [-0.39, 0.29) is 24.5 Å². The smallest absolute Gasteiger partial charge is 0.251 e. The summed E-state index contributed by atoms with van der Waals surface area (Å²) in [5.41, 5.74) is 1.55. The molecule has 17 heavy (non-hydrogen) atoms. The fourth-order valence-electron chi connectivity index (χ4n) is 1.52. The highest BCUT2D eigenvalue weighted by atomic mass is 79.9. The first-order valence-electron chi connectivity index (χ1n) is 5.64. The highest BCUT2D eigenvalue weighted by Crippen LogP contribution is 2.19. The van der Waals surface area contributed by atoms with E-state index in [1.807, 2.05) is 32.9 Å². The van der Waals surface area contributed by atoms with Gasteiger partial charge in [-0.3, -0.25) is 4.79 Å². The number of benzene rings is 1. The van der Waals surface area contributed by atoms with Crippen LogP contribution in [0.25, 0.3) is 0 Å². The van der Waals surface area contributed by atoms with Gasteiger partial charge in [0.05, 0.1) is 12.6 Å². The Bertz CT molecular complexity index is 404. The average Bonchev–Trinajstić information content (AvgIpc) is 2.28. The van der Waals surface area contributed by atoms with Gasteiger partial charge in [0.1, 0.15) is 0 Å². The molecule has 0 spiro atoms. The van der Waals surface area contributed by atoms with Gasteiger partial charge in [0, 0.05) is 10.0 Å². The standard InChI is InChI=1S/C13H18BrNO2/c1-8(2)12(7-16)15-13(17)10-5-4-6-11(14)9(10)3/h4-6,8,12,16H,7H2,1-3H3,(H,15,17). The van der Waals surface area contributed by atoms with E-state index >= 15 is 0 Å². The van der Waals surface area contributed by atoms with Crippen molar-refractivity contribution in [2.45, 2.75) is 26.8 Å². The van der Waals surface area contributed by atoms with Crippen molar-refractivity contribution in [2.75, 3.05) is 6.61 Å². The number of carbonyl (C=O) groups excluding carboxylic acids is 1. The molecule has 1 amide bonds. The predicted octanol–water partition coefficient (Wildman–Crippen LogP) is 2.50. The van der Waals surface area contributed by atoms with Crippen LogP contribution in [0.2, 0.25) is 0 Å². The summed E-state index contributed by atoms with van der Waals surface area (Å²) < 4.78 is 0.912. The Morgan fingerprint density at radius 2 is 2.12 bits per heavy atom. The van der Waals surface area contributed by atoms with Crippen LogP contribution >= 0.6 is 15.9 Å². The highest BCUT2D eigenvalue weighted by molar-refractivity contribution is 9.10. The molecule has 0 aromatic heterocycles. The van der Waals surface area contributed by atoms with Crippen molar-refractivity contribution in [2.24, 2.45) is 5.92 Å². The molecule has 0 heterocycles. The SMILES string of the molecule is Cc1c(Br)cccc1C(=O)NC(CO)C(C)C. The Hall–Kier alpha value is -0.870. The van der Waals surface area contributed by atoms with E-state index < -0.39 is 0 Å². The maximum Gasteiger partial charge on any atom is 0.251 e. The zero-order valence-electron chi connectivity index (χ0n) is 10.3. The molecule has 2 N–H and O–H groups in total. The van der Waals surface area contributed by atoms with Crippen molar-refractivity contribution in [1.82, 2.24) is 5.32 Å². The van der Waals surface area contributed by atoms with Gasteiger partial charge in [-0.15, -0.1) is 0 Å². The zero-order valence-corrected chi connectivity index (χ0v) is 11.9. The van der Waals surface area contributed by atoms with Crippen molar-refractivity contribution in [3.8, 4) is 0 Å². The van der Waals surface area contributed by atoms with E-state index in [2.05, 4.69) is 21.2 Å². The van der Waals surface area contributed by atoms with Crippen molar-refractivity contribution in [1.29, 1.82) is 0 Å². The van der Waals surface area contributed by atoms with Crippen LogP contribution in [-0.2, 0) is 0 Å². The Morgan fingerprint density at radius 3 is 2.65 bits per heavy atom. The van der Waals surface area contributed by atoms with E-state index in [4.69, 9.17) is 0 Å². The summed E-state index contributed by atoms with van der Waals surface area (Å²) in [7, 11) is 0. The van der Waals surface area contributed by atoms with E-state index in [1.54, 1.807) is 6.07 Å². The fourth-order valence-corrected chi connectivity index (χ4v) is 1.89. The summed E-state index contributed by atoms with van der Waals surface area (Å²) in [5.74, 6) is 0.0629.